The molecule has 90 valence electrons. The molecule has 0 unspecified atom stereocenters. The van der Waals surface area contributed by atoms with Gasteiger partial charge in [-0.15, -0.1) is 0 Å². The number of hydrogen-bond donors (Lipinski definition) is 1. The second kappa shape index (κ2) is 4.60. The van der Waals surface area contributed by atoms with Crippen LogP contribution in [0.5, 0.6) is 0 Å². The molecule has 2 aromatic rings. The summed E-state index contributed by atoms with van der Waals surface area (Å²) in [5, 5.41) is 3.13. The lowest BCUT2D eigenvalue weighted by Crippen LogP contribution is -2.40. The molecule has 1 aromatic carbocycles. The molecule has 3 rings (SSSR count). The first-order chi connectivity index (χ1) is 8.31. The molecule has 0 spiro atoms. The van der Waals surface area contributed by atoms with E-state index in [9.17, 15) is 0 Å². The summed E-state index contributed by atoms with van der Waals surface area (Å²) in [7, 11) is 0. The van der Waals surface area contributed by atoms with Crippen LogP contribution in [0.25, 0.3) is 10.2 Å². The molecule has 5 heteroatoms. The fourth-order valence-electron chi connectivity index (χ4n) is 1.89. The van der Waals surface area contributed by atoms with Crippen molar-refractivity contribution in [3.8, 4) is 0 Å². The molecule has 0 aliphatic carbocycles. The number of hydrazine groups is 1. The summed E-state index contributed by atoms with van der Waals surface area (Å²) in [6, 6.07) is 6.35. The summed E-state index contributed by atoms with van der Waals surface area (Å²) in [5.41, 5.74) is 5.69. The molecule has 0 radical (unpaired) electrons. The molecule has 2 heterocycles. The normalized spacial score (nSPS) is 17.5. The highest BCUT2D eigenvalue weighted by Gasteiger charge is 2.12. The van der Waals surface area contributed by atoms with Gasteiger partial charge in [0.2, 0.25) is 0 Å². The van der Waals surface area contributed by atoms with Gasteiger partial charge < -0.3 is 4.74 Å². The number of nitrogens with zero attached hydrogens (tertiary/aromatic N) is 2. The van der Waals surface area contributed by atoms with Crippen molar-refractivity contribution in [3.05, 3.63) is 23.8 Å². The highest BCUT2D eigenvalue weighted by atomic mass is 32.1. The van der Waals surface area contributed by atoms with E-state index in [0.29, 0.717) is 0 Å². The van der Waals surface area contributed by atoms with Gasteiger partial charge in [0.15, 0.2) is 5.13 Å². The quantitative estimate of drug-likeness (QED) is 0.886. The fourth-order valence-corrected chi connectivity index (χ4v) is 2.88. The summed E-state index contributed by atoms with van der Waals surface area (Å²) in [6.07, 6.45) is 0. The SMILES string of the molecule is Cc1ccc2nc(NN3CCOCC3)sc2c1. The summed E-state index contributed by atoms with van der Waals surface area (Å²) < 4.78 is 6.55. The number of aromatic nitrogens is 1. The van der Waals surface area contributed by atoms with E-state index in [0.717, 1.165) is 37.0 Å². The molecule has 0 atom stereocenters. The average Bonchev–Trinajstić information content (AvgIpc) is 2.71. The topological polar surface area (TPSA) is 37.4 Å². The fraction of sp³-hybridized carbons (Fsp3) is 0.417. The van der Waals surface area contributed by atoms with Crippen molar-refractivity contribution in [2.45, 2.75) is 6.92 Å². The average molecular weight is 249 g/mol. The Labute approximate surface area is 104 Å². The summed E-state index contributed by atoms with van der Waals surface area (Å²) in [4.78, 5) is 4.57. The predicted octanol–water partition coefficient (Wildman–Crippen LogP) is 2.26. The predicted molar refractivity (Wildman–Crippen MR) is 70.4 cm³/mol. The van der Waals surface area contributed by atoms with Gasteiger partial charge in [-0.05, 0) is 24.6 Å². The van der Waals surface area contributed by atoms with Gasteiger partial charge >= 0.3 is 0 Å². The molecule has 1 aliphatic rings. The van der Waals surface area contributed by atoms with E-state index < -0.39 is 0 Å². The molecule has 1 aliphatic heterocycles. The van der Waals surface area contributed by atoms with E-state index in [1.165, 1.54) is 10.3 Å². The molecule has 0 bridgehead atoms. The highest BCUT2D eigenvalue weighted by Crippen LogP contribution is 2.26. The molecule has 1 aromatic heterocycles. The lowest BCUT2D eigenvalue weighted by molar-refractivity contribution is 0.0497. The van der Waals surface area contributed by atoms with Crippen molar-refractivity contribution >= 4 is 26.7 Å². The molecule has 1 fully saturated rings. The number of hydrogen-bond acceptors (Lipinski definition) is 5. The van der Waals surface area contributed by atoms with Crippen molar-refractivity contribution in [1.82, 2.24) is 9.99 Å². The van der Waals surface area contributed by atoms with E-state index in [1.54, 1.807) is 11.3 Å². The van der Waals surface area contributed by atoms with Gasteiger partial charge in [0.1, 0.15) is 0 Å². The van der Waals surface area contributed by atoms with Gasteiger partial charge in [-0.25, -0.2) is 9.99 Å². The number of nitrogens with one attached hydrogen (secondary N) is 1. The van der Waals surface area contributed by atoms with Crippen LogP contribution >= 0.6 is 11.3 Å². The maximum absolute atomic E-state index is 5.31. The van der Waals surface area contributed by atoms with Crippen molar-refractivity contribution in [2.24, 2.45) is 0 Å². The first-order valence-electron chi connectivity index (χ1n) is 5.78. The van der Waals surface area contributed by atoms with Crippen LogP contribution < -0.4 is 5.43 Å². The van der Waals surface area contributed by atoms with Crippen LogP contribution in [0.1, 0.15) is 5.56 Å². The number of morpholine rings is 1. The van der Waals surface area contributed by atoms with Gasteiger partial charge in [-0.2, -0.15) is 0 Å². The Kier molecular flexibility index (Phi) is 2.96. The van der Waals surface area contributed by atoms with Crippen LogP contribution in [-0.4, -0.2) is 36.3 Å². The Bertz CT molecular complexity index is 519. The third-order valence-corrected chi connectivity index (χ3v) is 3.73. The molecular weight excluding hydrogens is 234 g/mol. The molecular formula is C12H15N3OS. The van der Waals surface area contributed by atoms with E-state index in [1.807, 2.05) is 0 Å². The van der Waals surface area contributed by atoms with Crippen molar-refractivity contribution in [3.63, 3.8) is 0 Å². The second-order valence-electron chi connectivity index (χ2n) is 4.20. The van der Waals surface area contributed by atoms with E-state index in [2.05, 4.69) is 40.5 Å². The molecule has 4 nitrogen and oxygen atoms in total. The van der Waals surface area contributed by atoms with Crippen molar-refractivity contribution < 1.29 is 4.74 Å². The molecule has 1 saturated heterocycles. The van der Waals surface area contributed by atoms with E-state index >= 15 is 0 Å². The van der Waals surface area contributed by atoms with Crippen LogP contribution in [0.4, 0.5) is 5.13 Å². The lowest BCUT2D eigenvalue weighted by Gasteiger charge is -2.26. The standard InChI is InChI=1S/C12H15N3OS/c1-9-2-3-10-11(8-9)17-12(13-10)14-15-4-6-16-7-5-15/h2-3,8H,4-7H2,1H3,(H,13,14). The summed E-state index contributed by atoms with van der Waals surface area (Å²) in [6.45, 7) is 5.51. The van der Waals surface area contributed by atoms with E-state index in [-0.39, 0.29) is 0 Å². The number of anilines is 1. The van der Waals surface area contributed by atoms with Crippen LogP contribution in [0.3, 0.4) is 0 Å². The zero-order chi connectivity index (χ0) is 11.7. The molecule has 17 heavy (non-hydrogen) atoms. The number of aryl methyl sites for hydroxylation is 1. The minimum absolute atomic E-state index is 0.789. The van der Waals surface area contributed by atoms with Crippen LogP contribution in [0, 0.1) is 6.92 Å². The monoisotopic (exact) mass is 249 g/mol. The van der Waals surface area contributed by atoms with Gasteiger partial charge in [0.05, 0.1) is 23.4 Å². The Balaban J connectivity index is 1.80. The maximum Gasteiger partial charge on any atom is 0.198 e. The van der Waals surface area contributed by atoms with Crippen LogP contribution in [0.15, 0.2) is 18.2 Å². The van der Waals surface area contributed by atoms with Crippen LogP contribution in [-0.2, 0) is 4.74 Å². The Morgan fingerprint density at radius 1 is 1.35 bits per heavy atom. The van der Waals surface area contributed by atoms with Gasteiger partial charge in [-0.1, -0.05) is 17.4 Å². The smallest absolute Gasteiger partial charge is 0.198 e. The van der Waals surface area contributed by atoms with E-state index in [4.69, 9.17) is 4.74 Å². The molecule has 0 amide bonds. The Hall–Kier alpha value is -1.17. The molecule has 0 saturated carbocycles. The Morgan fingerprint density at radius 3 is 3.00 bits per heavy atom. The number of thiazole rings is 1. The summed E-state index contributed by atoms with van der Waals surface area (Å²) >= 11 is 1.70. The Morgan fingerprint density at radius 2 is 2.18 bits per heavy atom. The molecule has 1 N–H and O–H groups in total. The summed E-state index contributed by atoms with van der Waals surface area (Å²) in [5.74, 6) is 0. The highest BCUT2D eigenvalue weighted by molar-refractivity contribution is 7.22. The van der Waals surface area contributed by atoms with Crippen molar-refractivity contribution in [2.75, 3.05) is 31.7 Å². The van der Waals surface area contributed by atoms with Crippen LogP contribution in [0.2, 0.25) is 0 Å². The third-order valence-electron chi connectivity index (χ3n) is 2.81. The zero-order valence-corrected chi connectivity index (χ0v) is 10.6. The number of fused-ring (bicyclic) bond motifs is 1. The third kappa shape index (κ3) is 2.41. The van der Waals surface area contributed by atoms with Gasteiger partial charge in [-0.3, -0.25) is 5.43 Å². The minimum Gasteiger partial charge on any atom is -0.379 e. The second-order valence-corrected chi connectivity index (χ2v) is 5.23. The largest absolute Gasteiger partial charge is 0.379 e. The first-order valence-corrected chi connectivity index (χ1v) is 6.59. The van der Waals surface area contributed by atoms with Gasteiger partial charge in [0.25, 0.3) is 0 Å². The van der Waals surface area contributed by atoms with Crippen molar-refractivity contribution in [1.29, 1.82) is 0 Å². The van der Waals surface area contributed by atoms with Gasteiger partial charge in [0, 0.05) is 13.1 Å². The number of rotatable bonds is 2. The maximum atomic E-state index is 5.31. The number of benzene rings is 1. The lowest BCUT2D eigenvalue weighted by atomic mass is 10.2. The number of ether oxygens (including phenoxy) is 1. The minimum atomic E-state index is 0.789. The zero-order valence-electron chi connectivity index (χ0n) is 9.77. The first kappa shape index (κ1) is 11.0.